The van der Waals surface area contributed by atoms with Crippen LogP contribution in [0.2, 0.25) is 0 Å². The molecule has 0 saturated carbocycles. The number of anilines is 1. The number of hydrogen-bond donors (Lipinski definition) is 2. The fourth-order valence-electron chi connectivity index (χ4n) is 1.60. The molecule has 0 aliphatic heterocycles. The number of aromatic nitrogens is 1. The molecule has 4 nitrogen and oxygen atoms in total. The summed E-state index contributed by atoms with van der Waals surface area (Å²) >= 11 is 0. The summed E-state index contributed by atoms with van der Waals surface area (Å²) in [7, 11) is 0. The third kappa shape index (κ3) is 4.72. The molecule has 0 spiro atoms. The Kier molecular flexibility index (Phi) is 5.11. The van der Waals surface area contributed by atoms with Crippen molar-refractivity contribution >= 4 is 5.82 Å². The van der Waals surface area contributed by atoms with Gasteiger partial charge in [0, 0.05) is 12.7 Å². The average Bonchev–Trinajstić information content (AvgIpc) is 2.34. The summed E-state index contributed by atoms with van der Waals surface area (Å²) in [5.74, 6) is 1.10. The molecule has 1 aromatic heterocycles. The molecule has 1 rings (SSSR count). The summed E-state index contributed by atoms with van der Waals surface area (Å²) in [6.45, 7) is 6.47. The van der Waals surface area contributed by atoms with Crippen molar-refractivity contribution in [3.8, 4) is 6.07 Å². The van der Waals surface area contributed by atoms with Gasteiger partial charge in [0.25, 0.3) is 0 Å². The number of pyridine rings is 1. The van der Waals surface area contributed by atoms with E-state index >= 15 is 0 Å². The maximum absolute atomic E-state index is 10.2. The van der Waals surface area contributed by atoms with E-state index in [1.165, 1.54) is 0 Å². The SMILES string of the molecule is CC(C)CC[C@](C)(O)CNc1ncccc1C#N. The first-order valence-electron chi connectivity index (χ1n) is 6.26. The third-order valence-electron chi connectivity index (χ3n) is 2.83. The number of nitrogens with zero attached hydrogens (tertiary/aromatic N) is 2. The molecule has 0 fully saturated rings. The topological polar surface area (TPSA) is 68.9 Å². The van der Waals surface area contributed by atoms with E-state index in [9.17, 15) is 5.11 Å². The Labute approximate surface area is 109 Å². The van der Waals surface area contributed by atoms with Crippen LogP contribution in [-0.2, 0) is 0 Å². The molecular formula is C14H21N3O. The molecule has 0 amide bonds. The predicted molar refractivity (Wildman–Crippen MR) is 72.1 cm³/mol. The molecule has 98 valence electrons. The lowest BCUT2D eigenvalue weighted by Crippen LogP contribution is -2.34. The van der Waals surface area contributed by atoms with Gasteiger partial charge in [0.1, 0.15) is 11.9 Å². The lowest BCUT2D eigenvalue weighted by atomic mass is 9.95. The summed E-state index contributed by atoms with van der Waals surface area (Å²) in [6, 6.07) is 5.50. The van der Waals surface area contributed by atoms with Gasteiger partial charge in [-0.3, -0.25) is 0 Å². The highest BCUT2D eigenvalue weighted by Gasteiger charge is 2.20. The van der Waals surface area contributed by atoms with Crippen LogP contribution >= 0.6 is 0 Å². The van der Waals surface area contributed by atoms with Crippen LogP contribution in [0.25, 0.3) is 0 Å². The number of aliphatic hydroxyl groups is 1. The van der Waals surface area contributed by atoms with Crippen LogP contribution in [-0.4, -0.2) is 22.2 Å². The number of hydrogen-bond acceptors (Lipinski definition) is 4. The second-order valence-electron chi connectivity index (χ2n) is 5.29. The van der Waals surface area contributed by atoms with Crippen molar-refractivity contribution in [1.29, 1.82) is 5.26 Å². The summed E-state index contributed by atoms with van der Waals surface area (Å²) < 4.78 is 0. The van der Waals surface area contributed by atoms with E-state index < -0.39 is 5.60 Å². The molecule has 1 atom stereocenters. The van der Waals surface area contributed by atoms with Crippen molar-refractivity contribution < 1.29 is 5.11 Å². The highest BCUT2D eigenvalue weighted by Crippen LogP contribution is 2.18. The maximum Gasteiger partial charge on any atom is 0.143 e. The molecule has 1 heterocycles. The van der Waals surface area contributed by atoms with Crippen LogP contribution in [0.4, 0.5) is 5.82 Å². The van der Waals surface area contributed by atoms with Crippen LogP contribution in [0.15, 0.2) is 18.3 Å². The van der Waals surface area contributed by atoms with Gasteiger partial charge in [-0.15, -0.1) is 0 Å². The number of nitriles is 1. The molecular weight excluding hydrogens is 226 g/mol. The molecule has 0 bridgehead atoms. The minimum atomic E-state index is -0.783. The normalized spacial score (nSPS) is 14.0. The Morgan fingerprint density at radius 2 is 2.28 bits per heavy atom. The molecule has 2 N–H and O–H groups in total. The fraction of sp³-hybridized carbons (Fsp3) is 0.571. The van der Waals surface area contributed by atoms with Gasteiger partial charge < -0.3 is 10.4 Å². The highest BCUT2D eigenvalue weighted by atomic mass is 16.3. The van der Waals surface area contributed by atoms with Gasteiger partial charge in [-0.1, -0.05) is 13.8 Å². The van der Waals surface area contributed by atoms with E-state index in [4.69, 9.17) is 5.26 Å². The van der Waals surface area contributed by atoms with Crippen molar-refractivity contribution in [3.63, 3.8) is 0 Å². The second kappa shape index (κ2) is 6.36. The van der Waals surface area contributed by atoms with Crippen LogP contribution in [0.5, 0.6) is 0 Å². The monoisotopic (exact) mass is 247 g/mol. The van der Waals surface area contributed by atoms with Crippen LogP contribution in [0.3, 0.4) is 0 Å². The quantitative estimate of drug-likeness (QED) is 0.810. The minimum absolute atomic E-state index is 0.394. The largest absolute Gasteiger partial charge is 0.388 e. The lowest BCUT2D eigenvalue weighted by molar-refractivity contribution is 0.0585. The molecule has 4 heteroatoms. The third-order valence-corrected chi connectivity index (χ3v) is 2.83. The smallest absolute Gasteiger partial charge is 0.143 e. The molecule has 0 unspecified atom stereocenters. The van der Waals surface area contributed by atoms with E-state index in [-0.39, 0.29) is 0 Å². The van der Waals surface area contributed by atoms with E-state index in [1.807, 2.05) is 0 Å². The molecule has 0 aliphatic carbocycles. The number of nitrogens with one attached hydrogen (secondary N) is 1. The van der Waals surface area contributed by atoms with Gasteiger partial charge in [-0.2, -0.15) is 5.26 Å². The first-order chi connectivity index (χ1) is 8.44. The Hall–Kier alpha value is -1.60. The molecule has 0 aromatic carbocycles. The lowest BCUT2D eigenvalue weighted by Gasteiger charge is -2.25. The van der Waals surface area contributed by atoms with Gasteiger partial charge in [0.05, 0.1) is 11.2 Å². The van der Waals surface area contributed by atoms with Crippen molar-refractivity contribution in [3.05, 3.63) is 23.9 Å². The van der Waals surface area contributed by atoms with Crippen LogP contribution in [0.1, 0.15) is 39.2 Å². The van der Waals surface area contributed by atoms with E-state index in [0.717, 1.165) is 12.8 Å². The van der Waals surface area contributed by atoms with Gasteiger partial charge in [-0.25, -0.2) is 4.98 Å². The molecule has 0 radical (unpaired) electrons. The van der Waals surface area contributed by atoms with E-state index in [2.05, 4.69) is 30.2 Å². The Balaban J connectivity index is 2.56. The van der Waals surface area contributed by atoms with E-state index in [1.54, 1.807) is 25.3 Å². The van der Waals surface area contributed by atoms with E-state index in [0.29, 0.717) is 23.8 Å². The summed E-state index contributed by atoms with van der Waals surface area (Å²) in [5.41, 5.74) is -0.286. The second-order valence-corrected chi connectivity index (χ2v) is 5.29. The number of rotatable bonds is 6. The van der Waals surface area contributed by atoms with Gasteiger partial charge in [0.2, 0.25) is 0 Å². The highest BCUT2D eigenvalue weighted by molar-refractivity contribution is 5.51. The molecule has 1 aromatic rings. The summed E-state index contributed by atoms with van der Waals surface area (Å²) in [4.78, 5) is 4.10. The summed E-state index contributed by atoms with van der Waals surface area (Å²) in [5, 5.41) is 22.2. The van der Waals surface area contributed by atoms with Gasteiger partial charge >= 0.3 is 0 Å². The zero-order chi connectivity index (χ0) is 13.6. The maximum atomic E-state index is 10.2. The molecule has 0 aliphatic rings. The van der Waals surface area contributed by atoms with Crippen LogP contribution < -0.4 is 5.32 Å². The van der Waals surface area contributed by atoms with Gasteiger partial charge in [-0.05, 0) is 37.8 Å². The zero-order valence-electron chi connectivity index (χ0n) is 11.3. The molecule has 18 heavy (non-hydrogen) atoms. The van der Waals surface area contributed by atoms with Gasteiger partial charge in [0.15, 0.2) is 0 Å². The van der Waals surface area contributed by atoms with Crippen molar-refractivity contribution in [1.82, 2.24) is 4.98 Å². The summed E-state index contributed by atoms with van der Waals surface area (Å²) in [6.07, 6.45) is 3.33. The first-order valence-corrected chi connectivity index (χ1v) is 6.26. The van der Waals surface area contributed by atoms with Crippen molar-refractivity contribution in [2.75, 3.05) is 11.9 Å². The van der Waals surface area contributed by atoms with Crippen molar-refractivity contribution in [2.24, 2.45) is 5.92 Å². The molecule has 0 saturated heterocycles. The predicted octanol–water partition coefficient (Wildman–Crippen LogP) is 2.55. The van der Waals surface area contributed by atoms with Crippen molar-refractivity contribution in [2.45, 2.75) is 39.2 Å². The average molecular weight is 247 g/mol. The van der Waals surface area contributed by atoms with Crippen LogP contribution in [0, 0.1) is 17.2 Å². The minimum Gasteiger partial charge on any atom is -0.388 e. The Bertz CT molecular complexity index is 421. The fourth-order valence-corrected chi connectivity index (χ4v) is 1.60. The Morgan fingerprint density at radius 3 is 2.89 bits per heavy atom. The zero-order valence-corrected chi connectivity index (χ0v) is 11.3. The Morgan fingerprint density at radius 1 is 1.56 bits per heavy atom. The first kappa shape index (κ1) is 14.5. The standard InChI is InChI=1S/C14H21N3O/c1-11(2)6-7-14(3,18)10-17-13-12(9-15)5-4-8-16-13/h4-5,8,11,18H,6-7,10H2,1-3H3,(H,16,17)/t14-/m0/s1.